The average molecular weight is 278 g/mol. The smallest absolute Gasteiger partial charge is 0.224 e. The predicted molar refractivity (Wildman–Crippen MR) is 79.1 cm³/mol. The molecule has 0 saturated carbocycles. The van der Waals surface area contributed by atoms with Crippen LogP contribution in [0, 0.1) is 0 Å². The van der Waals surface area contributed by atoms with Crippen molar-refractivity contribution in [3.05, 3.63) is 18.3 Å². The number of hydrogen-bond donors (Lipinski definition) is 2. The molecule has 2 heterocycles. The first-order valence-corrected chi connectivity index (χ1v) is 7.03. The second-order valence-corrected chi connectivity index (χ2v) is 4.76. The van der Waals surface area contributed by atoms with Gasteiger partial charge in [0.25, 0.3) is 0 Å². The highest BCUT2D eigenvalue weighted by Gasteiger charge is 2.12. The largest absolute Gasteiger partial charge is 0.378 e. The lowest BCUT2D eigenvalue weighted by Gasteiger charge is -2.27. The van der Waals surface area contributed by atoms with Gasteiger partial charge in [-0.25, -0.2) is 4.98 Å². The quantitative estimate of drug-likeness (QED) is 0.755. The number of carbonyl (C=O) groups is 1. The lowest BCUT2D eigenvalue weighted by atomic mass is 10.3. The van der Waals surface area contributed by atoms with E-state index in [4.69, 9.17) is 4.74 Å². The van der Waals surface area contributed by atoms with Gasteiger partial charge >= 0.3 is 0 Å². The maximum atomic E-state index is 11.7. The Morgan fingerprint density at radius 2 is 2.20 bits per heavy atom. The SMILES string of the molecule is CNCCCC(=O)Nc1ccc(N2CCOCC2)nc1. The van der Waals surface area contributed by atoms with E-state index in [9.17, 15) is 4.79 Å². The molecule has 1 aromatic rings. The minimum absolute atomic E-state index is 0.0289. The topological polar surface area (TPSA) is 66.5 Å². The van der Waals surface area contributed by atoms with Crippen molar-refractivity contribution >= 4 is 17.4 Å². The zero-order chi connectivity index (χ0) is 14.2. The van der Waals surface area contributed by atoms with Gasteiger partial charge in [-0.3, -0.25) is 4.79 Å². The Labute approximate surface area is 119 Å². The van der Waals surface area contributed by atoms with Crippen LogP contribution in [-0.4, -0.2) is 50.8 Å². The number of pyridine rings is 1. The molecule has 1 amide bonds. The Morgan fingerprint density at radius 3 is 2.85 bits per heavy atom. The normalized spacial score (nSPS) is 15.2. The summed E-state index contributed by atoms with van der Waals surface area (Å²) in [5.74, 6) is 0.961. The summed E-state index contributed by atoms with van der Waals surface area (Å²) < 4.78 is 5.31. The second-order valence-electron chi connectivity index (χ2n) is 4.76. The number of amides is 1. The number of nitrogens with zero attached hydrogens (tertiary/aromatic N) is 2. The van der Waals surface area contributed by atoms with Crippen LogP contribution in [0.1, 0.15) is 12.8 Å². The van der Waals surface area contributed by atoms with Crippen molar-refractivity contribution in [1.82, 2.24) is 10.3 Å². The summed E-state index contributed by atoms with van der Waals surface area (Å²) in [5.41, 5.74) is 0.747. The molecule has 0 bridgehead atoms. The summed E-state index contributed by atoms with van der Waals surface area (Å²) >= 11 is 0. The molecule has 6 heteroatoms. The fraction of sp³-hybridized carbons (Fsp3) is 0.571. The molecular weight excluding hydrogens is 256 g/mol. The summed E-state index contributed by atoms with van der Waals surface area (Å²) in [5, 5.41) is 5.88. The van der Waals surface area contributed by atoms with Gasteiger partial charge in [-0.05, 0) is 32.1 Å². The third kappa shape index (κ3) is 4.47. The van der Waals surface area contributed by atoms with E-state index in [2.05, 4.69) is 20.5 Å². The van der Waals surface area contributed by atoms with Crippen LogP contribution in [0.3, 0.4) is 0 Å². The van der Waals surface area contributed by atoms with Gasteiger partial charge in [0.1, 0.15) is 5.82 Å². The summed E-state index contributed by atoms with van der Waals surface area (Å²) in [4.78, 5) is 18.3. The average Bonchev–Trinajstić information content (AvgIpc) is 2.49. The van der Waals surface area contributed by atoms with Gasteiger partial charge in [0.15, 0.2) is 0 Å². The monoisotopic (exact) mass is 278 g/mol. The second kappa shape index (κ2) is 7.81. The number of anilines is 2. The molecule has 20 heavy (non-hydrogen) atoms. The Morgan fingerprint density at radius 1 is 1.40 bits per heavy atom. The van der Waals surface area contributed by atoms with Crippen molar-refractivity contribution in [2.24, 2.45) is 0 Å². The van der Waals surface area contributed by atoms with Gasteiger partial charge in [0, 0.05) is 19.5 Å². The van der Waals surface area contributed by atoms with E-state index in [1.807, 2.05) is 19.2 Å². The highest BCUT2D eigenvalue weighted by Crippen LogP contribution is 2.15. The van der Waals surface area contributed by atoms with E-state index >= 15 is 0 Å². The number of aromatic nitrogens is 1. The maximum Gasteiger partial charge on any atom is 0.224 e. The van der Waals surface area contributed by atoms with Crippen LogP contribution in [0.4, 0.5) is 11.5 Å². The van der Waals surface area contributed by atoms with Gasteiger partial charge in [-0.1, -0.05) is 0 Å². The van der Waals surface area contributed by atoms with Gasteiger partial charge in [0.05, 0.1) is 25.1 Å². The van der Waals surface area contributed by atoms with Crippen LogP contribution in [0.5, 0.6) is 0 Å². The van der Waals surface area contributed by atoms with Crippen LogP contribution in [-0.2, 0) is 9.53 Å². The van der Waals surface area contributed by atoms with E-state index in [1.165, 1.54) is 0 Å². The van der Waals surface area contributed by atoms with Gasteiger partial charge in [0.2, 0.25) is 5.91 Å². The van der Waals surface area contributed by atoms with E-state index in [-0.39, 0.29) is 5.91 Å². The molecule has 0 atom stereocenters. The molecule has 1 aliphatic heterocycles. The number of carbonyl (C=O) groups excluding carboxylic acids is 1. The van der Waals surface area contributed by atoms with Gasteiger partial charge < -0.3 is 20.3 Å². The third-order valence-electron chi connectivity index (χ3n) is 3.20. The molecule has 110 valence electrons. The first kappa shape index (κ1) is 14.7. The van der Waals surface area contributed by atoms with E-state index in [0.717, 1.165) is 50.8 Å². The van der Waals surface area contributed by atoms with Crippen molar-refractivity contribution in [2.45, 2.75) is 12.8 Å². The fourth-order valence-corrected chi connectivity index (χ4v) is 2.09. The van der Waals surface area contributed by atoms with E-state index < -0.39 is 0 Å². The Kier molecular flexibility index (Phi) is 5.76. The standard InChI is InChI=1S/C14H22N4O2/c1-15-6-2-3-14(19)17-12-4-5-13(16-11-12)18-7-9-20-10-8-18/h4-5,11,15H,2-3,6-10H2,1H3,(H,17,19). The first-order chi connectivity index (χ1) is 9.79. The Bertz CT molecular complexity index is 416. The zero-order valence-electron chi connectivity index (χ0n) is 11.9. The third-order valence-corrected chi connectivity index (χ3v) is 3.20. The zero-order valence-corrected chi connectivity index (χ0v) is 11.9. The molecule has 2 N–H and O–H groups in total. The van der Waals surface area contributed by atoms with E-state index in [1.54, 1.807) is 6.20 Å². The number of ether oxygens (including phenoxy) is 1. The molecule has 1 aliphatic rings. The highest BCUT2D eigenvalue weighted by atomic mass is 16.5. The van der Waals surface area contributed by atoms with Gasteiger partial charge in [-0.15, -0.1) is 0 Å². The minimum Gasteiger partial charge on any atom is -0.378 e. The molecule has 0 aromatic carbocycles. The Hall–Kier alpha value is -1.66. The molecule has 6 nitrogen and oxygen atoms in total. The van der Waals surface area contributed by atoms with Crippen molar-refractivity contribution in [2.75, 3.05) is 50.1 Å². The molecule has 1 fully saturated rings. The van der Waals surface area contributed by atoms with Crippen LogP contribution < -0.4 is 15.5 Å². The molecule has 2 rings (SSSR count). The molecule has 1 aromatic heterocycles. The van der Waals surface area contributed by atoms with Gasteiger partial charge in [-0.2, -0.15) is 0 Å². The predicted octanol–water partition coefficient (Wildman–Crippen LogP) is 0.856. The Balaban J connectivity index is 1.83. The molecular formula is C14H22N4O2. The molecule has 1 saturated heterocycles. The van der Waals surface area contributed by atoms with Crippen LogP contribution >= 0.6 is 0 Å². The number of rotatable bonds is 6. The van der Waals surface area contributed by atoms with Crippen molar-refractivity contribution in [3.63, 3.8) is 0 Å². The fourth-order valence-electron chi connectivity index (χ4n) is 2.09. The summed E-state index contributed by atoms with van der Waals surface area (Å²) in [6, 6.07) is 3.84. The van der Waals surface area contributed by atoms with Crippen LogP contribution in [0.2, 0.25) is 0 Å². The molecule has 0 spiro atoms. The lowest BCUT2D eigenvalue weighted by molar-refractivity contribution is -0.116. The highest BCUT2D eigenvalue weighted by molar-refractivity contribution is 5.90. The van der Waals surface area contributed by atoms with Crippen LogP contribution in [0.25, 0.3) is 0 Å². The molecule has 0 aliphatic carbocycles. The van der Waals surface area contributed by atoms with Crippen LogP contribution in [0.15, 0.2) is 18.3 Å². The lowest BCUT2D eigenvalue weighted by Crippen LogP contribution is -2.36. The minimum atomic E-state index is 0.0289. The number of hydrogen-bond acceptors (Lipinski definition) is 5. The summed E-state index contributed by atoms with van der Waals surface area (Å²) in [7, 11) is 1.88. The van der Waals surface area contributed by atoms with E-state index in [0.29, 0.717) is 6.42 Å². The maximum absolute atomic E-state index is 11.7. The van der Waals surface area contributed by atoms with Crippen molar-refractivity contribution < 1.29 is 9.53 Å². The molecule has 0 unspecified atom stereocenters. The first-order valence-electron chi connectivity index (χ1n) is 7.03. The number of nitrogens with one attached hydrogen (secondary N) is 2. The van der Waals surface area contributed by atoms with Crippen molar-refractivity contribution in [3.8, 4) is 0 Å². The summed E-state index contributed by atoms with van der Waals surface area (Å²) in [6.07, 6.45) is 3.06. The number of morpholine rings is 1. The molecule has 0 radical (unpaired) electrons. The summed E-state index contributed by atoms with van der Waals surface area (Å²) in [6.45, 7) is 4.06. The van der Waals surface area contributed by atoms with Crippen molar-refractivity contribution in [1.29, 1.82) is 0 Å².